The van der Waals surface area contributed by atoms with E-state index in [-0.39, 0.29) is 5.71 Å². The number of nitrogens with zero attached hydrogens (tertiary/aromatic N) is 2. The van der Waals surface area contributed by atoms with Gasteiger partial charge in [-0.15, -0.1) is 0 Å². The third kappa shape index (κ3) is 5.71. The molecule has 0 heterocycles. The molecule has 0 bridgehead atoms. The zero-order valence-corrected chi connectivity index (χ0v) is 15.0. The van der Waals surface area contributed by atoms with Gasteiger partial charge < -0.3 is 14.8 Å². The third-order valence-electron chi connectivity index (χ3n) is 3.61. The van der Waals surface area contributed by atoms with Crippen LogP contribution in [0.15, 0.2) is 47.6 Å². The number of hydrogen-bond donors (Lipinski definition) is 2. The summed E-state index contributed by atoms with van der Waals surface area (Å²) in [6.45, 7) is 0.311. The van der Waals surface area contributed by atoms with Crippen molar-refractivity contribution in [3.05, 3.63) is 53.8 Å². The number of halogens is 1. The second-order valence-corrected chi connectivity index (χ2v) is 5.39. The van der Waals surface area contributed by atoms with Crippen LogP contribution in [-0.2, 0) is 11.2 Å². The highest BCUT2D eigenvalue weighted by Crippen LogP contribution is 2.27. The van der Waals surface area contributed by atoms with Crippen LogP contribution in [0.25, 0.3) is 0 Å². The van der Waals surface area contributed by atoms with Crippen molar-refractivity contribution in [2.24, 2.45) is 5.10 Å². The maximum atomic E-state index is 12.9. The molecule has 1 amide bonds. The van der Waals surface area contributed by atoms with E-state index in [1.54, 1.807) is 26.4 Å². The summed E-state index contributed by atoms with van der Waals surface area (Å²) >= 11 is 0. The molecule has 0 aromatic heterocycles. The first-order valence-corrected chi connectivity index (χ1v) is 8.06. The highest BCUT2D eigenvalue weighted by Gasteiger charge is 2.11. The van der Waals surface area contributed by atoms with Crippen molar-refractivity contribution in [1.29, 1.82) is 5.26 Å². The highest BCUT2D eigenvalue weighted by molar-refractivity contribution is 6.45. The predicted octanol–water partition coefficient (Wildman–Crippen LogP) is 2.49. The standard InChI is InChI=1S/C19H19FN4O3/c1-26-17-8-3-13(11-18(17)27-2)9-10-22-19(25)16(12-21)24-23-15-6-4-14(20)5-7-15/h3-8,11,23H,9-10H2,1-2H3,(H,22,25)/b24-16+. The van der Waals surface area contributed by atoms with Crippen LogP contribution in [-0.4, -0.2) is 32.4 Å². The fourth-order valence-electron chi connectivity index (χ4n) is 2.21. The first kappa shape index (κ1) is 19.7. The minimum Gasteiger partial charge on any atom is -0.493 e. The molecule has 0 fully saturated rings. The maximum absolute atomic E-state index is 12.9. The number of carbonyl (C=O) groups excluding carboxylic acids is 1. The molecule has 0 saturated carbocycles. The minimum absolute atomic E-state index is 0.311. The first-order chi connectivity index (χ1) is 13.1. The number of ether oxygens (including phenoxy) is 2. The van der Waals surface area contributed by atoms with E-state index < -0.39 is 11.7 Å². The Hall–Kier alpha value is -3.60. The van der Waals surface area contributed by atoms with Gasteiger partial charge in [0.05, 0.1) is 19.9 Å². The average molecular weight is 370 g/mol. The van der Waals surface area contributed by atoms with E-state index in [0.717, 1.165) is 5.56 Å². The van der Waals surface area contributed by atoms with Crippen LogP contribution in [0.5, 0.6) is 11.5 Å². The molecule has 0 aliphatic carbocycles. The summed E-state index contributed by atoms with van der Waals surface area (Å²) in [5, 5.41) is 15.5. The molecule has 0 aliphatic heterocycles. The van der Waals surface area contributed by atoms with Gasteiger partial charge in [-0.3, -0.25) is 10.2 Å². The fraction of sp³-hybridized carbons (Fsp3) is 0.211. The summed E-state index contributed by atoms with van der Waals surface area (Å²) in [5.41, 5.74) is 3.62. The lowest BCUT2D eigenvalue weighted by molar-refractivity contribution is -0.114. The summed E-state index contributed by atoms with van der Waals surface area (Å²) in [7, 11) is 3.10. The highest BCUT2D eigenvalue weighted by atomic mass is 19.1. The van der Waals surface area contributed by atoms with Crippen LogP contribution in [0, 0.1) is 17.1 Å². The fourth-order valence-corrected chi connectivity index (χ4v) is 2.21. The Morgan fingerprint density at radius 3 is 2.48 bits per heavy atom. The molecule has 2 aromatic rings. The molecule has 0 atom stereocenters. The molecule has 0 spiro atoms. The molecule has 2 rings (SSSR count). The normalized spacial score (nSPS) is 10.7. The van der Waals surface area contributed by atoms with E-state index in [0.29, 0.717) is 30.2 Å². The van der Waals surface area contributed by atoms with Gasteiger partial charge in [0.1, 0.15) is 11.9 Å². The molecule has 0 saturated heterocycles. The molecule has 2 N–H and O–H groups in total. The summed E-state index contributed by atoms with van der Waals surface area (Å²) < 4.78 is 23.3. The van der Waals surface area contributed by atoms with Gasteiger partial charge >= 0.3 is 0 Å². The summed E-state index contributed by atoms with van der Waals surface area (Å²) in [4.78, 5) is 12.1. The van der Waals surface area contributed by atoms with Gasteiger partial charge in [-0.2, -0.15) is 10.4 Å². The van der Waals surface area contributed by atoms with Gasteiger partial charge in [-0.05, 0) is 48.4 Å². The second-order valence-electron chi connectivity index (χ2n) is 5.39. The lowest BCUT2D eigenvalue weighted by Gasteiger charge is -2.10. The average Bonchev–Trinajstić information content (AvgIpc) is 2.69. The molecule has 2 aromatic carbocycles. The molecule has 0 radical (unpaired) electrons. The largest absolute Gasteiger partial charge is 0.493 e. The van der Waals surface area contributed by atoms with E-state index in [2.05, 4.69) is 15.8 Å². The summed E-state index contributed by atoms with van der Waals surface area (Å²) in [6.07, 6.45) is 0.538. The van der Waals surface area contributed by atoms with Gasteiger partial charge in [0.25, 0.3) is 5.91 Å². The molecule has 7 nitrogen and oxygen atoms in total. The third-order valence-corrected chi connectivity index (χ3v) is 3.61. The first-order valence-electron chi connectivity index (χ1n) is 8.06. The number of amides is 1. The smallest absolute Gasteiger partial charge is 0.282 e. The quantitative estimate of drug-likeness (QED) is 0.550. The van der Waals surface area contributed by atoms with Crippen molar-refractivity contribution < 1.29 is 18.7 Å². The second kappa shape index (κ2) is 9.77. The number of anilines is 1. The van der Waals surface area contributed by atoms with Gasteiger partial charge in [0.2, 0.25) is 5.71 Å². The molecule has 27 heavy (non-hydrogen) atoms. The van der Waals surface area contributed by atoms with Gasteiger partial charge in [-0.1, -0.05) is 6.07 Å². The number of methoxy groups -OCH3 is 2. The molecular weight excluding hydrogens is 351 g/mol. The molecule has 140 valence electrons. The van der Waals surface area contributed by atoms with Gasteiger partial charge in [0, 0.05) is 6.54 Å². The number of carbonyl (C=O) groups is 1. The molecular formula is C19H19FN4O3. The Morgan fingerprint density at radius 2 is 1.85 bits per heavy atom. The Balaban J connectivity index is 1.90. The lowest BCUT2D eigenvalue weighted by Crippen LogP contribution is -2.32. The van der Waals surface area contributed by atoms with Crippen LogP contribution < -0.4 is 20.2 Å². The number of nitrogens with one attached hydrogen (secondary N) is 2. The van der Waals surface area contributed by atoms with Crippen LogP contribution in [0.2, 0.25) is 0 Å². The van der Waals surface area contributed by atoms with Crippen molar-refractivity contribution in [3.8, 4) is 17.6 Å². The van der Waals surface area contributed by atoms with Crippen molar-refractivity contribution >= 4 is 17.3 Å². The Bertz CT molecular complexity index is 860. The van der Waals surface area contributed by atoms with E-state index >= 15 is 0 Å². The van der Waals surface area contributed by atoms with Gasteiger partial charge in [0.15, 0.2) is 11.5 Å². The monoisotopic (exact) mass is 370 g/mol. The summed E-state index contributed by atoms with van der Waals surface area (Å²) in [6, 6.07) is 12.6. The zero-order chi connectivity index (χ0) is 19.6. The Labute approximate surface area is 156 Å². The van der Waals surface area contributed by atoms with Crippen LogP contribution in [0.1, 0.15) is 5.56 Å². The van der Waals surface area contributed by atoms with Crippen LogP contribution >= 0.6 is 0 Å². The predicted molar refractivity (Wildman–Crippen MR) is 99.3 cm³/mol. The Kier molecular flexibility index (Phi) is 7.14. The number of hydrazone groups is 1. The Morgan fingerprint density at radius 1 is 1.15 bits per heavy atom. The van der Waals surface area contributed by atoms with Gasteiger partial charge in [-0.25, -0.2) is 4.39 Å². The van der Waals surface area contributed by atoms with E-state index in [4.69, 9.17) is 14.7 Å². The molecule has 0 aliphatic rings. The zero-order valence-electron chi connectivity index (χ0n) is 15.0. The molecule has 0 unspecified atom stereocenters. The van der Waals surface area contributed by atoms with Crippen molar-refractivity contribution in [2.45, 2.75) is 6.42 Å². The van der Waals surface area contributed by atoms with E-state index in [1.807, 2.05) is 12.1 Å². The lowest BCUT2D eigenvalue weighted by atomic mass is 10.1. The van der Waals surface area contributed by atoms with E-state index in [1.165, 1.54) is 24.3 Å². The number of hydrogen-bond acceptors (Lipinski definition) is 6. The SMILES string of the molecule is COc1ccc(CCNC(=O)/C(C#N)=N/Nc2ccc(F)cc2)cc1OC. The number of rotatable bonds is 8. The van der Waals surface area contributed by atoms with Crippen LogP contribution in [0.3, 0.4) is 0 Å². The summed E-state index contributed by atoms with van der Waals surface area (Å²) in [5.74, 6) is 0.227. The van der Waals surface area contributed by atoms with Crippen molar-refractivity contribution in [1.82, 2.24) is 5.32 Å². The van der Waals surface area contributed by atoms with Crippen LogP contribution in [0.4, 0.5) is 10.1 Å². The van der Waals surface area contributed by atoms with E-state index in [9.17, 15) is 9.18 Å². The number of benzene rings is 2. The maximum Gasteiger partial charge on any atom is 0.282 e. The topological polar surface area (TPSA) is 95.7 Å². The molecule has 8 heteroatoms. The number of nitriles is 1. The van der Waals surface area contributed by atoms with Crippen molar-refractivity contribution in [2.75, 3.05) is 26.2 Å². The minimum atomic E-state index is -0.604. The van der Waals surface area contributed by atoms with Crippen molar-refractivity contribution in [3.63, 3.8) is 0 Å².